The third kappa shape index (κ3) is 3.54. The number of nitrogens with one attached hydrogen (secondary N) is 1. The lowest BCUT2D eigenvalue weighted by Crippen LogP contribution is -2.45. The minimum atomic E-state index is -0.106. The Hall–Kier alpha value is -0.740. The van der Waals surface area contributed by atoms with E-state index in [2.05, 4.69) is 37.9 Å². The van der Waals surface area contributed by atoms with Crippen molar-refractivity contribution in [1.29, 1.82) is 0 Å². The predicted molar refractivity (Wildman–Crippen MR) is 92.0 cm³/mol. The van der Waals surface area contributed by atoms with E-state index in [1.807, 2.05) is 24.8 Å². The third-order valence-electron chi connectivity index (χ3n) is 4.48. The molecule has 1 aromatic rings. The Bertz CT molecular complexity index is 492. The van der Waals surface area contributed by atoms with Crippen LogP contribution < -0.4 is 10.2 Å². The molecule has 1 saturated heterocycles. The first-order valence-electron chi connectivity index (χ1n) is 7.87. The van der Waals surface area contributed by atoms with Gasteiger partial charge < -0.3 is 10.2 Å². The van der Waals surface area contributed by atoms with E-state index in [0.29, 0.717) is 11.3 Å². The lowest BCUT2D eigenvalue weighted by Gasteiger charge is -2.41. The Morgan fingerprint density at radius 3 is 2.81 bits per heavy atom. The number of rotatable bonds is 4. The van der Waals surface area contributed by atoms with Crippen LogP contribution in [0.1, 0.15) is 44.9 Å². The van der Waals surface area contributed by atoms with Crippen LogP contribution in [-0.4, -0.2) is 30.1 Å². The standard InChI is InChI=1S/C17H27FN2S/c1-6-19-12(3)15-10-16(18)11(2)9-17(15)20-7-8-21-14(5)13(20)4/h9-10,12-14,19H,6-8H2,1-5H3. The van der Waals surface area contributed by atoms with Crippen LogP contribution in [0.25, 0.3) is 0 Å². The summed E-state index contributed by atoms with van der Waals surface area (Å²) in [6.07, 6.45) is 0. The molecule has 0 bridgehead atoms. The van der Waals surface area contributed by atoms with Gasteiger partial charge in [-0.05, 0) is 50.6 Å². The zero-order valence-electron chi connectivity index (χ0n) is 13.7. The van der Waals surface area contributed by atoms with E-state index < -0.39 is 0 Å². The minimum absolute atomic E-state index is 0.106. The molecule has 118 valence electrons. The van der Waals surface area contributed by atoms with Crippen molar-refractivity contribution in [3.8, 4) is 0 Å². The van der Waals surface area contributed by atoms with Gasteiger partial charge in [0.05, 0.1) is 0 Å². The largest absolute Gasteiger partial charge is 0.367 e. The monoisotopic (exact) mass is 310 g/mol. The molecule has 1 N–H and O–H groups in total. The summed E-state index contributed by atoms with van der Waals surface area (Å²) in [6.45, 7) is 12.5. The molecule has 1 aliphatic rings. The van der Waals surface area contributed by atoms with E-state index in [1.165, 1.54) is 5.69 Å². The molecule has 0 aliphatic carbocycles. The molecule has 0 radical (unpaired) electrons. The highest BCUT2D eigenvalue weighted by molar-refractivity contribution is 8.00. The number of hydrogen-bond acceptors (Lipinski definition) is 3. The summed E-state index contributed by atoms with van der Waals surface area (Å²) in [6, 6.07) is 4.38. The molecule has 0 amide bonds. The summed E-state index contributed by atoms with van der Waals surface area (Å²) in [5.74, 6) is 1.03. The first-order chi connectivity index (χ1) is 9.95. The summed E-state index contributed by atoms with van der Waals surface area (Å²) in [5, 5.41) is 4.02. The summed E-state index contributed by atoms with van der Waals surface area (Å²) >= 11 is 2.03. The Labute approximate surface area is 132 Å². The lowest BCUT2D eigenvalue weighted by atomic mass is 10.0. The molecule has 2 nitrogen and oxygen atoms in total. The average molecular weight is 310 g/mol. The zero-order chi connectivity index (χ0) is 15.6. The molecule has 0 saturated carbocycles. The van der Waals surface area contributed by atoms with Gasteiger partial charge in [-0.3, -0.25) is 0 Å². The normalized spacial score (nSPS) is 24.2. The fourth-order valence-electron chi connectivity index (χ4n) is 2.97. The number of hydrogen-bond donors (Lipinski definition) is 1. The number of aryl methyl sites for hydroxylation is 1. The van der Waals surface area contributed by atoms with Crippen LogP contribution in [0.3, 0.4) is 0 Å². The van der Waals surface area contributed by atoms with Crippen LogP contribution in [0.4, 0.5) is 10.1 Å². The molecule has 4 heteroatoms. The van der Waals surface area contributed by atoms with Gasteiger partial charge in [0.25, 0.3) is 0 Å². The maximum absolute atomic E-state index is 14.1. The maximum Gasteiger partial charge on any atom is 0.126 e. The van der Waals surface area contributed by atoms with Crippen molar-refractivity contribution in [2.45, 2.75) is 52.0 Å². The molecule has 1 fully saturated rings. The molecule has 3 atom stereocenters. The molecule has 1 heterocycles. The fourth-order valence-corrected chi connectivity index (χ4v) is 4.07. The van der Waals surface area contributed by atoms with Crippen LogP contribution in [0.5, 0.6) is 0 Å². The molecule has 0 spiro atoms. The second-order valence-corrected chi connectivity index (χ2v) is 7.43. The van der Waals surface area contributed by atoms with Crippen molar-refractivity contribution < 1.29 is 4.39 Å². The predicted octanol–water partition coefficient (Wildman–Crippen LogP) is 4.13. The molecule has 2 rings (SSSR count). The molecular formula is C17H27FN2S. The van der Waals surface area contributed by atoms with Crippen LogP contribution in [0, 0.1) is 12.7 Å². The van der Waals surface area contributed by atoms with Crippen molar-refractivity contribution in [3.05, 3.63) is 29.1 Å². The van der Waals surface area contributed by atoms with Crippen molar-refractivity contribution in [2.24, 2.45) is 0 Å². The van der Waals surface area contributed by atoms with Gasteiger partial charge in [0, 0.05) is 35.3 Å². The quantitative estimate of drug-likeness (QED) is 0.900. The highest BCUT2D eigenvalue weighted by Crippen LogP contribution is 2.35. The van der Waals surface area contributed by atoms with E-state index in [1.54, 1.807) is 6.07 Å². The summed E-state index contributed by atoms with van der Waals surface area (Å²) in [7, 11) is 0. The van der Waals surface area contributed by atoms with Crippen molar-refractivity contribution in [2.75, 3.05) is 23.7 Å². The van der Waals surface area contributed by atoms with Crippen molar-refractivity contribution in [3.63, 3.8) is 0 Å². The van der Waals surface area contributed by atoms with Gasteiger partial charge in [0.1, 0.15) is 5.82 Å². The van der Waals surface area contributed by atoms with Gasteiger partial charge in [-0.1, -0.05) is 13.8 Å². The molecule has 1 aliphatic heterocycles. The number of benzene rings is 1. The Balaban J connectivity index is 2.43. The molecule has 0 aromatic heterocycles. The van der Waals surface area contributed by atoms with E-state index in [0.717, 1.165) is 30.0 Å². The van der Waals surface area contributed by atoms with Crippen molar-refractivity contribution >= 4 is 17.4 Å². The summed E-state index contributed by atoms with van der Waals surface area (Å²) < 4.78 is 14.1. The smallest absolute Gasteiger partial charge is 0.126 e. The van der Waals surface area contributed by atoms with Crippen LogP contribution in [0.15, 0.2) is 12.1 Å². The first kappa shape index (κ1) is 16.6. The summed E-state index contributed by atoms with van der Waals surface area (Å²) in [4.78, 5) is 2.46. The highest BCUT2D eigenvalue weighted by atomic mass is 32.2. The number of halogens is 1. The van der Waals surface area contributed by atoms with Gasteiger partial charge in [-0.25, -0.2) is 4.39 Å². The van der Waals surface area contributed by atoms with Crippen LogP contribution in [0.2, 0.25) is 0 Å². The SMILES string of the molecule is CCNC(C)c1cc(F)c(C)cc1N1CCSC(C)C1C. The highest BCUT2D eigenvalue weighted by Gasteiger charge is 2.28. The fraction of sp³-hybridized carbons (Fsp3) is 0.647. The van der Waals surface area contributed by atoms with E-state index in [9.17, 15) is 4.39 Å². The van der Waals surface area contributed by atoms with Gasteiger partial charge >= 0.3 is 0 Å². The van der Waals surface area contributed by atoms with Gasteiger partial charge in [-0.15, -0.1) is 0 Å². The van der Waals surface area contributed by atoms with E-state index in [4.69, 9.17) is 0 Å². The number of anilines is 1. The second kappa shape index (κ2) is 7.01. The Kier molecular flexibility index (Phi) is 5.55. The van der Waals surface area contributed by atoms with Crippen LogP contribution >= 0.6 is 11.8 Å². The van der Waals surface area contributed by atoms with E-state index in [-0.39, 0.29) is 11.9 Å². The average Bonchev–Trinajstić information content (AvgIpc) is 2.45. The van der Waals surface area contributed by atoms with Gasteiger partial charge in [0.2, 0.25) is 0 Å². The number of thioether (sulfide) groups is 1. The topological polar surface area (TPSA) is 15.3 Å². The van der Waals surface area contributed by atoms with Crippen LogP contribution in [-0.2, 0) is 0 Å². The minimum Gasteiger partial charge on any atom is -0.367 e. The molecule has 1 aromatic carbocycles. The third-order valence-corrected chi connectivity index (χ3v) is 5.82. The molecule has 3 unspecified atom stereocenters. The second-order valence-electron chi connectivity index (χ2n) is 5.95. The Morgan fingerprint density at radius 2 is 2.14 bits per heavy atom. The summed E-state index contributed by atoms with van der Waals surface area (Å²) in [5.41, 5.74) is 3.00. The Morgan fingerprint density at radius 1 is 1.43 bits per heavy atom. The zero-order valence-corrected chi connectivity index (χ0v) is 14.6. The van der Waals surface area contributed by atoms with E-state index >= 15 is 0 Å². The molecule has 21 heavy (non-hydrogen) atoms. The van der Waals surface area contributed by atoms with Gasteiger partial charge in [-0.2, -0.15) is 11.8 Å². The lowest BCUT2D eigenvalue weighted by molar-refractivity contribution is 0.568. The molecular weight excluding hydrogens is 283 g/mol. The number of nitrogens with zero attached hydrogens (tertiary/aromatic N) is 1. The van der Waals surface area contributed by atoms with Gasteiger partial charge in [0.15, 0.2) is 0 Å². The maximum atomic E-state index is 14.1. The first-order valence-corrected chi connectivity index (χ1v) is 8.92. The van der Waals surface area contributed by atoms with Crippen molar-refractivity contribution in [1.82, 2.24) is 5.32 Å².